The van der Waals surface area contributed by atoms with Crippen LogP contribution in [0.15, 0.2) is 40.2 Å². The van der Waals surface area contributed by atoms with Gasteiger partial charge in [-0.15, -0.1) is 0 Å². The number of nitrogens with one attached hydrogen (secondary N) is 1. The highest BCUT2D eigenvalue weighted by molar-refractivity contribution is 5.70. The number of fused-ring (bicyclic) bond motifs is 1. The Hall–Kier alpha value is -2.83. The molecule has 3 aromatic rings. The summed E-state index contributed by atoms with van der Waals surface area (Å²) in [6.07, 6.45) is 3.00. The standard InChI is InChI=1S/C12H9N5O2.C2H6/c1-7-11(17-6-4-9(18)16-12(17)19)15-8-3-2-5-13-10(8)14-7;1-2/h2-6H,1H3,(H,16,18,19);1-2H3. The number of H-pyrrole nitrogens is 1. The van der Waals surface area contributed by atoms with Crippen LogP contribution in [0.5, 0.6) is 0 Å². The molecule has 21 heavy (non-hydrogen) atoms. The highest BCUT2D eigenvalue weighted by Gasteiger charge is 2.09. The lowest BCUT2D eigenvalue weighted by atomic mass is 10.3. The molecule has 0 spiro atoms. The van der Waals surface area contributed by atoms with E-state index in [4.69, 9.17) is 0 Å². The maximum absolute atomic E-state index is 11.8. The summed E-state index contributed by atoms with van der Waals surface area (Å²) in [6, 6.07) is 4.76. The van der Waals surface area contributed by atoms with Crippen molar-refractivity contribution in [3.8, 4) is 5.82 Å². The molecule has 0 atom stereocenters. The van der Waals surface area contributed by atoms with Crippen LogP contribution in [-0.2, 0) is 0 Å². The molecule has 0 aromatic carbocycles. The first-order chi connectivity index (χ1) is 10.1. The smallest absolute Gasteiger partial charge is 0.274 e. The first kappa shape index (κ1) is 14.6. The fraction of sp³-hybridized carbons (Fsp3) is 0.214. The van der Waals surface area contributed by atoms with Crippen LogP contribution in [0.4, 0.5) is 0 Å². The second-order valence-electron chi connectivity index (χ2n) is 3.96. The number of hydrogen-bond donors (Lipinski definition) is 1. The lowest BCUT2D eigenvalue weighted by molar-refractivity contribution is 0.853. The molecule has 0 unspecified atom stereocenters. The number of aromatic nitrogens is 5. The molecular weight excluding hydrogens is 270 g/mol. The van der Waals surface area contributed by atoms with E-state index in [9.17, 15) is 9.59 Å². The predicted octanol–water partition coefficient (Wildman–Crippen LogP) is 1.20. The van der Waals surface area contributed by atoms with Crippen LogP contribution in [0, 0.1) is 6.92 Å². The fourth-order valence-corrected chi connectivity index (χ4v) is 1.78. The van der Waals surface area contributed by atoms with Crippen LogP contribution in [0.1, 0.15) is 19.5 Å². The van der Waals surface area contributed by atoms with E-state index in [-0.39, 0.29) is 0 Å². The third kappa shape index (κ3) is 2.86. The van der Waals surface area contributed by atoms with E-state index in [1.54, 1.807) is 25.3 Å². The van der Waals surface area contributed by atoms with Crippen molar-refractivity contribution in [3.05, 3.63) is 57.1 Å². The minimum absolute atomic E-state index is 0.377. The van der Waals surface area contributed by atoms with Crippen molar-refractivity contribution in [3.63, 3.8) is 0 Å². The Balaban J connectivity index is 0.000000774. The Labute approximate surface area is 120 Å². The lowest BCUT2D eigenvalue weighted by Crippen LogP contribution is -2.28. The second-order valence-corrected chi connectivity index (χ2v) is 3.96. The van der Waals surface area contributed by atoms with E-state index in [1.165, 1.54) is 16.8 Å². The maximum atomic E-state index is 11.8. The third-order valence-electron chi connectivity index (χ3n) is 2.64. The molecule has 3 aromatic heterocycles. The molecule has 3 heterocycles. The monoisotopic (exact) mass is 285 g/mol. The number of aryl methyl sites for hydroxylation is 1. The normalized spacial score (nSPS) is 10.0. The molecule has 0 bridgehead atoms. The molecule has 0 radical (unpaired) electrons. The summed E-state index contributed by atoms with van der Waals surface area (Å²) in [5.41, 5.74) is 0.658. The van der Waals surface area contributed by atoms with Crippen molar-refractivity contribution >= 4 is 11.2 Å². The molecule has 0 saturated heterocycles. The lowest BCUT2D eigenvalue weighted by Gasteiger charge is -2.07. The third-order valence-corrected chi connectivity index (χ3v) is 2.64. The number of aromatic amines is 1. The van der Waals surface area contributed by atoms with Crippen LogP contribution in [0.2, 0.25) is 0 Å². The number of nitrogens with zero attached hydrogens (tertiary/aromatic N) is 4. The van der Waals surface area contributed by atoms with Gasteiger partial charge in [0.25, 0.3) is 5.56 Å². The molecule has 0 saturated carbocycles. The molecule has 7 nitrogen and oxygen atoms in total. The molecule has 1 N–H and O–H groups in total. The zero-order valence-corrected chi connectivity index (χ0v) is 12.0. The highest BCUT2D eigenvalue weighted by atomic mass is 16.2. The average Bonchev–Trinajstić information content (AvgIpc) is 2.49. The number of rotatable bonds is 1. The summed E-state index contributed by atoms with van der Waals surface area (Å²) >= 11 is 0. The number of pyridine rings is 1. The van der Waals surface area contributed by atoms with Crippen molar-refractivity contribution in [2.24, 2.45) is 0 Å². The molecule has 3 rings (SSSR count). The quantitative estimate of drug-likeness (QED) is 0.725. The van der Waals surface area contributed by atoms with Crippen molar-refractivity contribution in [2.75, 3.05) is 0 Å². The fourth-order valence-electron chi connectivity index (χ4n) is 1.78. The van der Waals surface area contributed by atoms with Crippen molar-refractivity contribution in [1.82, 2.24) is 24.5 Å². The van der Waals surface area contributed by atoms with Gasteiger partial charge in [-0.1, -0.05) is 13.8 Å². The molecule has 108 valence electrons. The van der Waals surface area contributed by atoms with Crippen LogP contribution in [-0.4, -0.2) is 24.5 Å². The van der Waals surface area contributed by atoms with Crippen LogP contribution in [0.3, 0.4) is 0 Å². The van der Waals surface area contributed by atoms with Gasteiger partial charge in [0.2, 0.25) is 0 Å². The summed E-state index contributed by atoms with van der Waals surface area (Å²) in [7, 11) is 0. The van der Waals surface area contributed by atoms with Crippen molar-refractivity contribution < 1.29 is 0 Å². The van der Waals surface area contributed by atoms with E-state index in [0.29, 0.717) is 22.7 Å². The van der Waals surface area contributed by atoms with Gasteiger partial charge in [0, 0.05) is 18.5 Å². The highest BCUT2D eigenvalue weighted by Crippen LogP contribution is 2.11. The Morgan fingerprint density at radius 2 is 1.90 bits per heavy atom. The zero-order valence-electron chi connectivity index (χ0n) is 12.0. The van der Waals surface area contributed by atoms with Gasteiger partial charge in [-0.3, -0.25) is 14.3 Å². The molecule has 0 aliphatic carbocycles. The van der Waals surface area contributed by atoms with Crippen LogP contribution < -0.4 is 11.2 Å². The first-order valence-corrected chi connectivity index (χ1v) is 6.57. The second kappa shape index (κ2) is 6.08. The van der Waals surface area contributed by atoms with E-state index < -0.39 is 11.2 Å². The van der Waals surface area contributed by atoms with E-state index >= 15 is 0 Å². The molecule has 0 aliphatic rings. The molecule has 0 aliphatic heterocycles. The Morgan fingerprint density at radius 1 is 1.14 bits per heavy atom. The molecule has 0 amide bonds. The maximum Gasteiger partial charge on any atom is 0.334 e. The van der Waals surface area contributed by atoms with Gasteiger partial charge in [0.05, 0.1) is 5.69 Å². The van der Waals surface area contributed by atoms with Gasteiger partial charge in [-0.2, -0.15) is 0 Å². The summed E-state index contributed by atoms with van der Waals surface area (Å²) in [5, 5.41) is 0. The average molecular weight is 285 g/mol. The Kier molecular flexibility index (Phi) is 4.22. The topological polar surface area (TPSA) is 93.5 Å². The van der Waals surface area contributed by atoms with E-state index in [2.05, 4.69) is 19.9 Å². The summed E-state index contributed by atoms with van der Waals surface area (Å²) in [5.74, 6) is 0.377. The SMILES string of the molecule is CC.Cc1nc2ncccc2nc1-n1ccc(=O)[nH]c1=O. The summed E-state index contributed by atoms with van der Waals surface area (Å²) in [6.45, 7) is 5.73. The molecule has 0 fully saturated rings. The first-order valence-electron chi connectivity index (χ1n) is 6.57. The van der Waals surface area contributed by atoms with Gasteiger partial charge in [-0.25, -0.2) is 19.7 Å². The summed E-state index contributed by atoms with van der Waals surface area (Å²) in [4.78, 5) is 37.7. The van der Waals surface area contributed by atoms with Gasteiger partial charge in [0.15, 0.2) is 11.5 Å². The minimum atomic E-state index is -0.548. The Morgan fingerprint density at radius 3 is 2.62 bits per heavy atom. The predicted molar refractivity (Wildman–Crippen MR) is 79.6 cm³/mol. The van der Waals surface area contributed by atoms with Crippen molar-refractivity contribution in [1.29, 1.82) is 0 Å². The van der Waals surface area contributed by atoms with Crippen molar-refractivity contribution in [2.45, 2.75) is 20.8 Å². The molecule has 7 heteroatoms. The van der Waals surface area contributed by atoms with Gasteiger partial charge >= 0.3 is 5.69 Å². The van der Waals surface area contributed by atoms with Gasteiger partial charge < -0.3 is 0 Å². The summed E-state index contributed by atoms with van der Waals surface area (Å²) < 4.78 is 1.25. The van der Waals surface area contributed by atoms with Gasteiger partial charge in [-0.05, 0) is 19.1 Å². The zero-order chi connectivity index (χ0) is 15.4. The Bertz CT molecular complexity index is 882. The van der Waals surface area contributed by atoms with E-state index in [1.807, 2.05) is 13.8 Å². The van der Waals surface area contributed by atoms with E-state index in [0.717, 1.165) is 0 Å². The number of hydrogen-bond acceptors (Lipinski definition) is 5. The molecular formula is C14H15N5O2. The van der Waals surface area contributed by atoms with Crippen LogP contribution in [0.25, 0.3) is 17.0 Å². The largest absolute Gasteiger partial charge is 0.334 e. The minimum Gasteiger partial charge on any atom is -0.274 e. The van der Waals surface area contributed by atoms with Gasteiger partial charge in [0.1, 0.15) is 5.52 Å². The van der Waals surface area contributed by atoms with Crippen LogP contribution >= 0.6 is 0 Å².